The van der Waals surface area contributed by atoms with Crippen molar-refractivity contribution in [2.24, 2.45) is 5.92 Å². The van der Waals surface area contributed by atoms with Gasteiger partial charge in [-0.05, 0) is 31.0 Å². The van der Waals surface area contributed by atoms with Crippen LogP contribution in [-0.4, -0.2) is 34.3 Å². The highest BCUT2D eigenvalue weighted by molar-refractivity contribution is 7.52. The summed E-state index contributed by atoms with van der Waals surface area (Å²) in [5.74, 6) is -0.439. The second kappa shape index (κ2) is 12.4. The fourth-order valence-electron chi connectivity index (χ4n) is 4.03. The molecule has 0 bridgehead atoms. The zero-order valence-electron chi connectivity index (χ0n) is 21.0. The van der Waals surface area contributed by atoms with Crippen LogP contribution in [0.4, 0.5) is 0 Å². The zero-order chi connectivity index (χ0) is 27.1. The van der Waals surface area contributed by atoms with E-state index in [4.69, 9.17) is 18.5 Å². The molecule has 3 aromatic rings. The van der Waals surface area contributed by atoms with Crippen molar-refractivity contribution in [1.29, 1.82) is 0 Å². The van der Waals surface area contributed by atoms with Gasteiger partial charge in [0.2, 0.25) is 0 Å². The molecule has 1 fully saturated rings. The summed E-state index contributed by atoms with van der Waals surface area (Å²) in [6, 6.07) is 17.9. The number of ether oxygens (including phenoxy) is 2. The maximum atomic E-state index is 13.7. The van der Waals surface area contributed by atoms with Gasteiger partial charge in [0, 0.05) is 18.2 Å². The fourth-order valence-corrected chi connectivity index (χ4v) is 5.55. The van der Waals surface area contributed by atoms with Gasteiger partial charge in [-0.3, -0.25) is 23.7 Å². The van der Waals surface area contributed by atoms with E-state index < -0.39 is 43.3 Å². The quantitative estimate of drug-likeness (QED) is 0.275. The standard InChI is InChI=1S/C26H30N3O8P/c1-18-15-22(36-24(18)29-14-13-23(30)27-26(29)32)17-35-38(33,37-21-11-7-4-8-12-21)28-19(2)25(31)34-16-20-9-5-3-6-10-20/h3-14,18-19,22,24H,15-17H2,1-2H3,(H,28,33)(H,27,30,32)/t18-,19-,22-,24+,38?/m0/s1. The first-order valence-corrected chi connectivity index (χ1v) is 13.7. The first kappa shape index (κ1) is 27.5. The monoisotopic (exact) mass is 543 g/mol. The predicted octanol–water partition coefficient (Wildman–Crippen LogP) is 3.39. The van der Waals surface area contributed by atoms with E-state index in [1.165, 1.54) is 23.8 Å². The predicted molar refractivity (Wildman–Crippen MR) is 138 cm³/mol. The highest BCUT2D eigenvalue weighted by Gasteiger charge is 2.38. The van der Waals surface area contributed by atoms with Crippen LogP contribution in [-0.2, 0) is 30.0 Å². The molecule has 0 amide bonds. The number of aromatic amines is 1. The summed E-state index contributed by atoms with van der Waals surface area (Å²) in [5.41, 5.74) is -0.270. The van der Waals surface area contributed by atoms with Gasteiger partial charge in [-0.25, -0.2) is 9.36 Å². The molecular formula is C26H30N3O8P. The maximum Gasteiger partial charge on any atom is 0.459 e. The molecule has 2 aromatic carbocycles. The van der Waals surface area contributed by atoms with Gasteiger partial charge in [-0.1, -0.05) is 55.5 Å². The minimum absolute atomic E-state index is 0.0652. The van der Waals surface area contributed by atoms with Crippen molar-refractivity contribution in [2.45, 2.75) is 45.2 Å². The summed E-state index contributed by atoms with van der Waals surface area (Å²) >= 11 is 0. The molecule has 0 saturated carbocycles. The van der Waals surface area contributed by atoms with Gasteiger partial charge < -0.3 is 14.0 Å². The zero-order valence-corrected chi connectivity index (χ0v) is 21.9. The van der Waals surface area contributed by atoms with Crippen molar-refractivity contribution in [3.63, 3.8) is 0 Å². The molecule has 0 spiro atoms. The van der Waals surface area contributed by atoms with Crippen molar-refractivity contribution in [3.8, 4) is 5.75 Å². The Morgan fingerprint density at radius 1 is 1.13 bits per heavy atom. The summed E-state index contributed by atoms with van der Waals surface area (Å²) in [4.78, 5) is 38.4. The van der Waals surface area contributed by atoms with E-state index in [2.05, 4.69) is 10.1 Å². The molecular weight excluding hydrogens is 513 g/mol. The number of aromatic nitrogens is 2. The van der Waals surface area contributed by atoms with Crippen molar-refractivity contribution in [2.75, 3.05) is 6.61 Å². The third kappa shape index (κ3) is 7.29. The van der Waals surface area contributed by atoms with Crippen molar-refractivity contribution < 1.29 is 27.9 Å². The average Bonchev–Trinajstić information content (AvgIpc) is 3.27. The minimum Gasteiger partial charge on any atom is -0.460 e. The molecule has 38 heavy (non-hydrogen) atoms. The molecule has 1 aliphatic rings. The lowest BCUT2D eigenvalue weighted by molar-refractivity contribution is -0.146. The van der Waals surface area contributed by atoms with Crippen LogP contribution < -0.4 is 20.9 Å². The smallest absolute Gasteiger partial charge is 0.459 e. The number of nitrogens with one attached hydrogen (secondary N) is 2. The van der Waals surface area contributed by atoms with Crippen molar-refractivity contribution in [3.05, 3.63) is 99.3 Å². The molecule has 0 aliphatic carbocycles. The fraction of sp³-hybridized carbons (Fsp3) is 0.346. The molecule has 2 heterocycles. The highest BCUT2D eigenvalue weighted by atomic mass is 31.2. The molecule has 11 nitrogen and oxygen atoms in total. The number of rotatable bonds is 11. The summed E-state index contributed by atoms with van der Waals surface area (Å²) in [7, 11) is -4.07. The van der Waals surface area contributed by atoms with Crippen LogP contribution in [0.5, 0.6) is 5.75 Å². The first-order chi connectivity index (χ1) is 18.2. The third-order valence-electron chi connectivity index (χ3n) is 5.91. The minimum atomic E-state index is -4.07. The lowest BCUT2D eigenvalue weighted by Crippen LogP contribution is -2.35. The Morgan fingerprint density at radius 2 is 1.82 bits per heavy atom. The second-order valence-electron chi connectivity index (χ2n) is 9.02. The van der Waals surface area contributed by atoms with Crippen LogP contribution in [0.15, 0.2) is 82.5 Å². The number of carbonyl (C=O) groups is 1. The SMILES string of the molecule is C[C@H](NP(=O)(OC[C@@H]1C[C@H](C)[C@H](n2ccc(=O)[nH]c2=O)O1)Oc1ccccc1)C(=O)OCc1ccccc1. The molecule has 1 aliphatic heterocycles. The Hall–Kier alpha value is -3.50. The number of hydrogen-bond donors (Lipinski definition) is 2. The van der Waals surface area contributed by atoms with E-state index >= 15 is 0 Å². The number of hydrogen-bond acceptors (Lipinski definition) is 8. The Balaban J connectivity index is 1.41. The van der Waals surface area contributed by atoms with Gasteiger partial charge in [0.1, 0.15) is 24.6 Å². The Labute approximate surface area is 219 Å². The molecule has 202 valence electrons. The molecule has 12 heteroatoms. The van der Waals surface area contributed by atoms with Crippen molar-refractivity contribution >= 4 is 13.7 Å². The van der Waals surface area contributed by atoms with Gasteiger partial charge in [0.15, 0.2) is 0 Å². The van der Waals surface area contributed by atoms with Crippen LogP contribution in [0.3, 0.4) is 0 Å². The van der Waals surface area contributed by atoms with Gasteiger partial charge >= 0.3 is 19.4 Å². The molecule has 4 rings (SSSR count). The average molecular weight is 544 g/mol. The van der Waals surface area contributed by atoms with E-state index in [9.17, 15) is 18.9 Å². The summed E-state index contributed by atoms with van der Waals surface area (Å²) < 4.78 is 37.8. The molecule has 1 aromatic heterocycles. The molecule has 2 N–H and O–H groups in total. The van der Waals surface area contributed by atoms with E-state index in [0.29, 0.717) is 6.42 Å². The number of esters is 1. The number of para-hydroxylation sites is 1. The van der Waals surface area contributed by atoms with Gasteiger partial charge in [-0.2, -0.15) is 5.09 Å². The van der Waals surface area contributed by atoms with E-state index in [1.54, 1.807) is 30.3 Å². The van der Waals surface area contributed by atoms with Crippen LogP contribution in [0, 0.1) is 5.92 Å². The summed E-state index contributed by atoms with van der Waals surface area (Å²) in [6.07, 6.45) is 0.709. The number of carbonyl (C=O) groups excluding carboxylic acids is 1. The van der Waals surface area contributed by atoms with Crippen LogP contribution in [0.1, 0.15) is 32.1 Å². The number of nitrogens with zero attached hydrogens (tertiary/aromatic N) is 1. The lowest BCUT2D eigenvalue weighted by atomic mass is 10.1. The van der Waals surface area contributed by atoms with E-state index in [0.717, 1.165) is 5.56 Å². The van der Waals surface area contributed by atoms with Crippen LogP contribution in [0.25, 0.3) is 0 Å². The van der Waals surface area contributed by atoms with E-state index in [1.807, 2.05) is 37.3 Å². The molecule has 1 saturated heterocycles. The third-order valence-corrected chi connectivity index (χ3v) is 7.55. The molecule has 5 atom stereocenters. The summed E-state index contributed by atoms with van der Waals surface area (Å²) in [5, 5.41) is 2.66. The maximum absolute atomic E-state index is 13.7. The normalized spacial score (nSPS) is 21.4. The van der Waals surface area contributed by atoms with Gasteiger partial charge in [0.05, 0.1) is 12.7 Å². The van der Waals surface area contributed by atoms with Crippen LogP contribution in [0.2, 0.25) is 0 Å². The summed E-state index contributed by atoms with van der Waals surface area (Å²) in [6.45, 7) is 3.33. The van der Waals surface area contributed by atoms with E-state index in [-0.39, 0.29) is 24.9 Å². The Morgan fingerprint density at radius 3 is 2.50 bits per heavy atom. The van der Waals surface area contributed by atoms with Crippen LogP contribution >= 0.6 is 7.75 Å². The second-order valence-corrected chi connectivity index (χ2v) is 10.7. The van der Waals surface area contributed by atoms with Crippen molar-refractivity contribution in [1.82, 2.24) is 14.6 Å². The Kier molecular flexibility index (Phi) is 8.96. The van der Waals surface area contributed by atoms with Gasteiger partial charge in [-0.15, -0.1) is 0 Å². The molecule has 0 radical (unpaired) electrons. The number of benzene rings is 2. The lowest BCUT2D eigenvalue weighted by Gasteiger charge is -2.24. The topological polar surface area (TPSA) is 138 Å². The Bertz CT molecular complexity index is 1380. The first-order valence-electron chi connectivity index (χ1n) is 12.2. The number of H-pyrrole nitrogens is 1. The van der Waals surface area contributed by atoms with Gasteiger partial charge in [0.25, 0.3) is 5.56 Å². The largest absolute Gasteiger partial charge is 0.460 e. The molecule has 1 unspecified atom stereocenters. The highest BCUT2D eigenvalue weighted by Crippen LogP contribution is 2.46.